The lowest BCUT2D eigenvalue weighted by Gasteiger charge is -2.23. The molecule has 1 aromatic heterocycles. The predicted octanol–water partition coefficient (Wildman–Crippen LogP) is 4.35. The number of benzene rings is 1. The van der Waals surface area contributed by atoms with Gasteiger partial charge in [0.2, 0.25) is 0 Å². The van der Waals surface area contributed by atoms with Gasteiger partial charge in [-0.2, -0.15) is 0 Å². The highest BCUT2D eigenvalue weighted by Crippen LogP contribution is 2.33. The zero-order chi connectivity index (χ0) is 12.5. The minimum absolute atomic E-state index is 0.150. The second kappa shape index (κ2) is 4.33. The molecular formula is C16H19N. The number of hydrogen-bond acceptors (Lipinski definition) is 1. The van der Waals surface area contributed by atoms with Crippen molar-refractivity contribution in [2.75, 3.05) is 0 Å². The van der Waals surface area contributed by atoms with Crippen molar-refractivity contribution in [1.29, 1.82) is 0 Å². The summed E-state index contributed by atoms with van der Waals surface area (Å²) in [7, 11) is 0. The van der Waals surface area contributed by atoms with E-state index in [0.29, 0.717) is 0 Å². The van der Waals surface area contributed by atoms with E-state index in [1.807, 2.05) is 18.5 Å². The molecule has 0 N–H and O–H groups in total. The monoisotopic (exact) mass is 225 g/mol. The standard InChI is InChI=1S/C16H19N/c1-12-7-8-14(13-6-5-9-17-11-13)15(10-12)16(2,3)4/h5-11H,1-4H3. The molecule has 0 amide bonds. The van der Waals surface area contributed by atoms with Crippen molar-refractivity contribution in [3.8, 4) is 11.1 Å². The molecule has 0 bridgehead atoms. The van der Waals surface area contributed by atoms with Crippen LogP contribution >= 0.6 is 0 Å². The van der Waals surface area contributed by atoms with Gasteiger partial charge in [-0.1, -0.05) is 50.6 Å². The van der Waals surface area contributed by atoms with Gasteiger partial charge in [0.05, 0.1) is 0 Å². The first kappa shape index (κ1) is 11.8. The molecule has 2 rings (SSSR count). The second-order valence-electron chi connectivity index (χ2n) is 5.54. The lowest BCUT2D eigenvalue weighted by molar-refractivity contribution is 0.591. The molecule has 17 heavy (non-hydrogen) atoms. The average Bonchev–Trinajstić information content (AvgIpc) is 2.29. The van der Waals surface area contributed by atoms with Crippen LogP contribution in [0.4, 0.5) is 0 Å². The van der Waals surface area contributed by atoms with Crippen LogP contribution in [0.3, 0.4) is 0 Å². The van der Waals surface area contributed by atoms with E-state index in [1.165, 1.54) is 22.3 Å². The fourth-order valence-corrected chi connectivity index (χ4v) is 2.05. The molecule has 0 aliphatic carbocycles. The molecule has 0 fully saturated rings. The zero-order valence-corrected chi connectivity index (χ0v) is 11.0. The third kappa shape index (κ3) is 2.55. The Morgan fingerprint density at radius 1 is 1.06 bits per heavy atom. The van der Waals surface area contributed by atoms with E-state index in [2.05, 4.69) is 56.9 Å². The van der Waals surface area contributed by atoms with E-state index >= 15 is 0 Å². The summed E-state index contributed by atoms with van der Waals surface area (Å²) >= 11 is 0. The molecule has 0 radical (unpaired) electrons. The van der Waals surface area contributed by atoms with Crippen LogP contribution < -0.4 is 0 Å². The van der Waals surface area contributed by atoms with Gasteiger partial charge in [0.25, 0.3) is 0 Å². The Morgan fingerprint density at radius 2 is 1.82 bits per heavy atom. The highest BCUT2D eigenvalue weighted by molar-refractivity contribution is 5.68. The second-order valence-corrected chi connectivity index (χ2v) is 5.54. The van der Waals surface area contributed by atoms with Crippen LogP contribution in [0.15, 0.2) is 42.7 Å². The summed E-state index contributed by atoms with van der Waals surface area (Å²) in [5.41, 5.74) is 5.32. The summed E-state index contributed by atoms with van der Waals surface area (Å²) in [5, 5.41) is 0. The lowest BCUT2D eigenvalue weighted by atomic mass is 9.81. The van der Waals surface area contributed by atoms with Crippen LogP contribution in [0.1, 0.15) is 31.9 Å². The van der Waals surface area contributed by atoms with E-state index in [-0.39, 0.29) is 5.41 Å². The normalized spacial score (nSPS) is 11.5. The van der Waals surface area contributed by atoms with Gasteiger partial charge < -0.3 is 0 Å². The van der Waals surface area contributed by atoms with Crippen LogP contribution in [0, 0.1) is 6.92 Å². The summed E-state index contributed by atoms with van der Waals surface area (Å²) < 4.78 is 0. The first-order valence-electron chi connectivity index (χ1n) is 6.00. The Balaban J connectivity index is 2.63. The SMILES string of the molecule is Cc1ccc(-c2cccnc2)c(C(C)(C)C)c1. The first-order chi connectivity index (χ1) is 7.98. The number of aromatic nitrogens is 1. The van der Waals surface area contributed by atoms with Gasteiger partial charge in [0.15, 0.2) is 0 Å². The van der Waals surface area contributed by atoms with Crippen LogP contribution in [0.2, 0.25) is 0 Å². The van der Waals surface area contributed by atoms with E-state index < -0.39 is 0 Å². The molecule has 0 saturated heterocycles. The minimum atomic E-state index is 0.150. The fraction of sp³-hybridized carbons (Fsp3) is 0.312. The van der Waals surface area contributed by atoms with Gasteiger partial charge >= 0.3 is 0 Å². The molecule has 0 aliphatic rings. The van der Waals surface area contributed by atoms with E-state index in [0.717, 1.165) is 0 Å². The molecule has 2 aromatic rings. The molecule has 0 unspecified atom stereocenters. The highest BCUT2D eigenvalue weighted by atomic mass is 14.6. The smallest absolute Gasteiger partial charge is 0.0346 e. The maximum Gasteiger partial charge on any atom is 0.0346 e. The van der Waals surface area contributed by atoms with Crippen LogP contribution in [-0.2, 0) is 5.41 Å². The Morgan fingerprint density at radius 3 is 2.41 bits per heavy atom. The van der Waals surface area contributed by atoms with Crippen molar-refractivity contribution < 1.29 is 0 Å². The fourth-order valence-electron chi connectivity index (χ4n) is 2.05. The lowest BCUT2D eigenvalue weighted by Crippen LogP contribution is -2.13. The van der Waals surface area contributed by atoms with Gasteiger partial charge in [-0.15, -0.1) is 0 Å². The Labute approximate surface area is 104 Å². The van der Waals surface area contributed by atoms with Gasteiger partial charge in [-0.3, -0.25) is 4.98 Å². The molecular weight excluding hydrogens is 206 g/mol. The molecule has 1 heteroatoms. The molecule has 0 spiro atoms. The van der Waals surface area contributed by atoms with E-state index in [1.54, 1.807) is 0 Å². The summed E-state index contributed by atoms with van der Waals surface area (Å²) in [6, 6.07) is 10.8. The topological polar surface area (TPSA) is 12.9 Å². The Bertz CT molecular complexity index is 507. The third-order valence-corrected chi connectivity index (χ3v) is 2.96. The molecule has 0 atom stereocenters. The average molecular weight is 225 g/mol. The maximum absolute atomic E-state index is 4.21. The highest BCUT2D eigenvalue weighted by Gasteiger charge is 2.18. The van der Waals surface area contributed by atoms with Crippen molar-refractivity contribution in [3.63, 3.8) is 0 Å². The molecule has 88 valence electrons. The third-order valence-electron chi connectivity index (χ3n) is 2.96. The maximum atomic E-state index is 4.21. The summed E-state index contributed by atoms with van der Waals surface area (Å²) in [6.45, 7) is 8.90. The zero-order valence-electron chi connectivity index (χ0n) is 11.0. The Hall–Kier alpha value is -1.63. The van der Waals surface area contributed by atoms with Crippen LogP contribution in [-0.4, -0.2) is 4.98 Å². The van der Waals surface area contributed by atoms with Gasteiger partial charge in [0.1, 0.15) is 0 Å². The summed E-state index contributed by atoms with van der Waals surface area (Å²) in [4.78, 5) is 4.21. The molecule has 0 saturated carbocycles. The largest absolute Gasteiger partial charge is 0.264 e. The van der Waals surface area contributed by atoms with E-state index in [9.17, 15) is 0 Å². The van der Waals surface area contributed by atoms with Crippen molar-refractivity contribution in [1.82, 2.24) is 4.98 Å². The molecule has 0 aliphatic heterocycles. The minimum Gasteiger partial charge on any atom is -0.264 e. The van der Waals surface area contributed by atoms with Crippen molar-refractivity contribution in [2.45, 2.75) is 33.1 Å². The van der Waals surface area contributed by atoms with Crippen LogP contribution in [0.5, 0.6) is 0 Å². The van der Waals surface area contributed by atoms with Gasteiger partial charge in [-0.05, 0) is 29.5 Å². The van der Waals surface area contributed by atoms with Crippen molar-refractivity contribution in [2.24, 2.45) is 0 Å². The number of pyridine rings is 1. The first-order valence-corrected chi connectivity index (χ1v) is 6.00. The molecule has 1 nitrogen and oxygen atoms in total. The number of aryl methyl sites for hydroxylation is 1. The quantitative estimate of drug-likeness (QED) is 0.703. The Kier molecular flexibility index (Phi) is 3.01. The van der Waals surface area contributed by atoms with Gasteiger partial charge in [-0.25, -0.2) is 0 Å². The van der Waals surface area contributed by atoms with Crippen LogP contribution in [0.25, 0.3) is 11.1 Å². The molecule has 1 heterocycles. The summed E-state index contributed by atoms with van der Waals surface area (Å²) in [6.07, 6.45) is 3.74. The number of hydrogen-bond donors (Lipinski definition) is 0. The summed E-state index contributed by atoms with van der Waals surface area (Å²) in [5.74, 6) is 0. The molecule has 1 aromatic carbocycles. The number of rotatable bonds is 1. The van der Waals surface area contributed by atoms with Crippen molar-refractivity contribution >= 4 is 0 Å². The van der Waals surface area contributed by atoms with E-state index in [4.69, 9.17) is 0 Å². The van der Waals surface area contributed by atoms with Crippen molar-refractivity contribution in [3.05, 3.63) is 53.9 Å². The van der Waals surface area contributed by atoms with Gasteiger partial charge in [0, 0.05) is 18.0 Å². The number of nitrogens with zero attached hydrogens (tertiary/aromatic N) is 1. The predicted molar refractivity (Wildman–Crippen MR) is 73.1 cm³/mol.